The minimum absolute atomic E-state index is 0.0601. The van der Waals surface area contributed by atoms with Gasteiger partial charge in [0, 0.05) is 6.42 Å². The zero-order valence-electron chi connectivity index (χ0n) is 10.2. The first-order chi connectivity index (χ1) is 7.37. The number of halogens is 2. The SMILES string of the molecule is C=C.[B]N1CC(F)(F)CC(C)(CCNC)C1. The van der Waals surface area contributed by atoms with Gasteiger partial charge in [0.25, 0.3) is 5.92 Å². The van der Waals surface area contributed by atoms with Gasteiger partial charge >= 0.3 is 0 Å². The van der Waals surface area contributed by atoms with Crippen LogP contribution in [0.15, 0.2) is 13.2 Å². The molecule has 0 aromatic carbocycles. The summed E-state index contributed by atoms with van der Waals surface area (Å²) in [5.74, 6) is -2.64. The van der Waals surface area contributed by atoms with Crippen molar-refractivity contribution in [1.82, 2.24) is 10.1 Å². The van der Waals surface area contributed by atoms with E-state index in [1.54, 1.807) is 0 Å². The summed E-state index contributed by atoms with van der Waals surface area (Å²) in [6.07, 6.45) is 0.669. The van der Waals surface area contributed by atoms with Crippen molar-refractivity contribution in [3.05, 3.63) is 13.2 Å². The number of rotatable bonds is 3. The molecule has 0 amide bonds. The lowest BCUT2D eigenvalue weighted by Gasteiger charge is -2.43. The lowest BCUT2D eigenvalue weighted by atomic mass is 9.76. The molecule has 92 valence electrons. The van der Waals surface area contributed by atoms with Crippen LogP contribution < -0.4 is 5.32 Å². The van der Waals surface area contributed by atoms with Gasteiger partial charge in [-0.1, -0.05) is 6.92 Å². The van der Waals surface area contributed by atoms with Crippen LogP contribution >= 0.6 is 0 Å². The Balaban J connectivity index is 0.00000106. The molecule has 5 heteroatoms. The number of hydrogen-bond acceptors (Lipinski definition) is 2. The molecule has 1 rings (SSSR count). The Hall–Kier alpha value is -0.415. The molecule has 1 atom stereocenters. The van der Waals surface area contributed by atoms with E-state index in [1.165, 1.54) is 4.81 Å². The molecule has 1 N–H and O–H groups in total. The number of alkyl halides is 2. The number of nitrogens with one attached hydrogen (secondary N) is 1. The van der Waals surface area contributed by atoms with Gasteiger partial charge in [0.1, 0.15) is 0 Å². The summed E-state index contributed by atoms with van der Waals surface area (Å²) >= 11 is 0. The van der Waals surface area contributed by atoms with Gasteiger partial charge in [-0.05, 0) is 32.0 Å². The van der Waals surface area contributed by atoms with Crippen molar-refractivity contribution >= 4 is 7.98 Å². The van der Waals surface area contributed by atoms with Crippen LogP contribution in [-0.4, -0.2) is 45.4 Å². The highest BCUT2D eigenvalue weighted by Crippen LogP contribution is 2.39. The molecule has 0 aliphatic carbocycles. The molecule has 0 aromatic rings. The van der Waals surface area contributed by atoms with E-state index >= 15 is 0 Å². The predicted octanol–water partition coefficient (Wildman–Crippen LogP) is 1.83. The quantitative estimate of drug-likeness (QED) is 0.587. The third kappa shape index (κ3) is 5.08. The Morgan fingerprint density at radius 1 is 1.38 bits per heavy atom. The first kappa shape index (κ1) is 15.6. The van der Waals surface area contributed by atoms with E-state index in [0.29, 0.717) is 6.54 Å². The maximum absolute atomic E-state index is 13.2. The first-order valence-corrected chi connectivity index (χ1v) is 5.39. The van der Waals surface area contributed by atoms with E-state index in [9.17, 15) is 8.78 Å². The summed E-state index contributed by atoms with van der Waals surface area (Å²) in [5, 5.41) is 2.98. The normalized spacial score (nSPS) is 29.2. The Morgan fingerprint density at radius 3 is 2.38 bits per heavy atom. The number of nitrogens with zero attached hydrogens (tertiary/aromatic N) is 1. The molecule has 0 aromatic heterocycles. The van der Waals surface area contributed by atoms with E-state index in [4.69, 9.17) is 7.98 Å². The summed E-state index contributed by atoms with van der Waals surface area (Å²) in [5.41, 5.74) is -0.375. The van der Waals surface area contributed by atoms with Crippen molar-refractivity contribution in [2.45, 2.75) is 25.7 Å². The van der Waals surface area contributed by atoms with Gasteiger partial charge in [-0.3, -0.25) is 0 Å². The second-order valence-corrected chi connectivity index (χ2v) is 4.60. The Bertz CT molecular complexity index is 214. The van der Waals surface area contributed by atoms with Crippen molar-refractivity contribution in [1.29, 1.82) is 0 Å². The van der Waals surface area contributed by atoms with E-state index in [2.05, 4.69) is 18.5 Å². The Kier molecular flexibility index (Phi) is 6.19. The summed E-state index contributed by atoms with van der Waals surface area (Å²) in [6.45, 7) is 8.85. The van der Waals surface area contributed by atoms with Crippen LogP contribution in [0, 0.1) is 5.41 Å². The van der Waals surface area contributed by atoms with Crippen LogP contribution in [-0.2, 0) is 0 Å². The van der Waals surface area contributed by atoms with Crippen LogP contribution in [0.2, 0.25) is 0 Å². The number of piperidine rings is 1. The molecule has 1 aliphatic heterocycles. The van der Waals surface area contributed by atoms with Crippen molar-refractivity contribution in [2.24, 2.45) is 5.41 Å². The molecule has 1 saturated heterocycles. The fourth-order valence-electron chi connectivity index (χ4n) is 2.17. The average molecular weight is 230 g/mol. The maximum Gasteiger partial charge on any atom is 0.260 e. The second-order valence-electron chi connectivity index (χ2n) is 4.60. The van der Waals surface area contributed by atoms with Crippen molar-refractivity contribution in [2.75, 3.05) is 26.7 Å². The average Bonchev–Trinajstić information content (AvgIpc) is 2.14. The third-order valence-electron chi connectivity index (χ3n) is 2.68. The third-order valence-corrected chi connectivity index (χ3v) is 2.68. The highest BCUT2D eigenvalue weighted by Gasteiger charge is 2.44. The predicted molar refractivity (Wildman–Crippen MR) is 64.8 cm³/mol. The number of hydrogen-bond donors (Lipinski definition) is 1. The standard InChI is InChI=1S/C9H17BF2N2.C2H4/c1-8(3-4-13-2)5-9(11,12)7-14(10)6-8;1-2/h13H,3-7H2,1-2H3;1-2H2. The molecule has 1 heterocycles. The van der Waals surface area contributed by atoms with Crippen LogP contribution in [0.1, 0.15) is 19.8 Å². The van der Waals surface area contributed by atoms with E-state index in [-0.39, 0.29) is 18.4 Å². The monoisotopic (exact) mass is 230 g/mol. The summed E-state index contributed by atoms with van der Waals surface area (Å²) in [7, 11) is 7.31. The topological polar surface area (TPSA) is 15.3 Å². The lowest BCUT2D eigenvalue weighted by Crippen LogP contribution is -2.51. The van der Waals surface area contributed by atoms with Gasteiger partial charge in [0.05, 0.1) is 6.54 Å². The van der Waals surface area contributed by atoms with Gasteiger partial charge in [-0.2, -0.15) is 0 Å². The molecule has 0 spiro atoms. The van der Waals surface area contributed by atoms with Crippen LogP contribution in [0.5, 0.6) is 0 Å². The van der Waals surface area contributed by atoms with Crippen LogP contribution in [0.25, 0.3) is 0 Å². The lowest BCUT2D eigenvalue weighted by molar-refractivity contribution is -0.0911. The van der Waals surface area contributed by atoms with Crippen molar-refractivity contribution in [3.8, 4) is 0 Å². The molecule has 1 fully saturated rings. The fraction of sp³-hybridized carbons (Fsp3) is 0.818. The fourth-order valence-corrected chi connectivity index (χ4v) is 2.17. The van der Waals surface area contributed by atoms with Crippen molar-refractivity contribution in [3.63, 3.8) is 0 Å². The molecular weight excluding hydrogens is 209 g/mol. The molecule has 2 nitrogen and oxygen atoms in total. The van der Waals surface area contributed by atoms with Gasteiger partial charge in [0.15, 0.2) is 7.98 Å². The molecule has 1 aliphatic rings. The molecule has 1 unspecified atom stereocenters. The highest BCUT2D eigenvalue weighted by molar-refractivity contribution is 6.04. The highest BCUT2D eigenvalue weighted by atomic mass is 19.3. The van der Waals surface area contributed by atoms with E-state index < -0.39 is 5.92 Å². The second kappa shape index (κ2) is 6.35. The molecule has 16 heavy (non-hydrogen) atoms. The Morgan fingerprint density at radius 2 is 1.94 bits per heavy atom. The van der Waals surface area contributed by atoms with Gasteiger partial charge in [-0.15, -0.1) is 13.2 Å². The molecule has 2 radical (unpaired) electrons. The molecule has 0 saturated carbocycles. The molecule has 0 bridgehead atoms. The van der Waals surface area contributed by atoms with Crippen LogP contribution in [0.4, 0.5) is 8.78 Å². The Labute approximate surface area is 98.5 Å². The van der Waals surface area contributed by atoms with E-state index in [0.717, 1.165) is 13.0 Å². The smallest absolute Gasteiger partial charge is 0.260 e. The minimum atomic E-state index is -2.64. The largest absolute Gasteiger partial charge is 0.348 e. The summed E-state index contributed by atoms with van der Waals surface area (Å²) < 4.78 is 26.5. The zero-order chi connectivity index (χ0) is 12.8. The van der Waals surface area contributed by atoms with Gasteiger partial charge in [-0.25, -0.2) is 8.78 Å². The first-order valence-electron chi connectivity index (χ1n) is 5.39. The van der Waals surface area contributed by atoms with E-state index in [1.807, 2.05) is 14.0 Å². The minimum Gasteiger partial charge on any atom is -0.348 e. The summed E-state index contributed by atoms with van der Waals surface area (Å²) in [4.78, 5) is 1.24. The van der Waals surface area contributed by atoms with Crippen LogP contribution in [0.3, 0.4) is 0 Å². The maximum atomic E-state index is 13.2. The molecular formula is C11H21BF2N2. The van der Waals surface area contributed by atoms with Gasteiger partial charge in [0.2, 0.25) is 0 Å². The van der Waals surface area contributed by atoms with Crippen molar-refractivity contribution < 1.29 is 8.78 Å². The zero-order valence-corrected chi connectivity index (χ0v) is 10.2. The summed E-state index contributed by atoms with van der Waals surface area (Å²) in [6, 6.07) is 0. The van der Waals surface area contributed by atoms with Gasteiger partial charge < -0.3 is 10.1 Å².